The zero-order chi connectivity index (χ0) is 21.8. The lowest BCUT2D eigenvalue weighted by molar-refractivity contribution is -0.134. The zero-order valence-corrected chi connectivity index (χ0v) is 19.3. The molecule has 0 aliphatic heterocycles. The van der Waals surface area contributed by atoms with Crippen LogP contribution < -0.4 is 4.74 Å². The Hall–Kier alpha value is -1.94. The van der Waals surface area contributed by atoms with Crippen LogP contribution in [0.5, 0.6) is 5.75 Å². The fourth-order valence-corrected chi connectivity index (χ4v) is 3.42. The number of aromatic nitrogens is 2. The minimum Gasteiger partial charge on any atom is -0.425 e. The largest absolute Gasteiger partial charge is 0.425 e. The first-order chi connectivity index (χ1) is 14.5. The van der Waals surface area contributed by atoms with Crippen molar-refractivity contribution in [2.75, 3.05) is 0 Å². The average molecular weight is 431 g/mol. The highest BCUT2D eigenvalue weighted by Crippen LogP contribution is 2.22. The molecule has 164 valence electrons. The topological polar surface area (TPSA) is 52.1 Å². The Labute approximate surface area is 186 Å². The third-order valence-corrected chi connectivity index (χ3v) is 6.09. The maximum Gasteiger partial charge on any atom is 0.329 e. The molecule has 0 saturated heterocycles. The van der Waals surface area contributed by atoms with Gasteiger partial charge in [0.15, 0.2) is 0 Å². The molecule has 0 aliphatic carbocycles. The standard InChI is InChI=1S/C25H35ClN2O2/c1-4-6-7-8-9-10-11-12-21-17-28-23(18-27-21)20-13-15-22(16-14-20)30-25(29)24(26)19(3)5-2/h13-19,24H,4-12H2,1-3H3. The summed E-state index contributed by atoms with van der Waals surface area (Å²) in [5, 5.41) is -0.635. The molecule has 1 aromatic heterocycles. The number of esters is 1. The summed E-state index contributed by atoms with van der Waals surface area (Å²) in [5.74, 6) is 0.155. The van der Waals surface area contributed by atoms with E-state index in [1.807, 2.05) is 38.4 Å². The smallest absolute Gasteiger partial charge is 0.329 e. The number of halogens is 1. The second-order valence-corrected chi connectivity index (χ2v) is 8.47. The van der Waals surface area contributed by atoms with Crippen LogP contribution in [0.1, 0.15) is 77.8 Å². The quantitative estimate of drug-likeness (QED) is 0.148. The van der Waals surface area contributed by atoms with Gasteiger partial charge < -0.3 is 4.74 Å². The molecular formula is C25H35ClN2O2. The van der Waals surface area contributed by atoms with Crippen molar-refractivity contribution in [3.8, 4) is 17.0 Å². The van der Waals surface area contributed by atoms with E-state index in [0.717, 1.165) is 29.8 Å². The summed E-state index contributed by atoms with van der Waals surface area (Å²) >= 11 is 6.15. The number of hydrogen-bond acceptors (Lipinski definition) is 4. The van der Waals surface area contributed by atoms with Crippen molar-refractivity contribution in [3.63, 3.8) is 0 Å². The fourth-order valence-electron chi connectivity index (χ4n) is 3.20. The van der Waals surface area contributed by atoms with E-state index < -0.39 is 11.3 Å². The molecule has 0 bridgehead atoms. The van der Waals surface area contributed by atoms with E-state index >= 15 is 0 Å². The number of carbonyl (C=O) groups excluding carboxylic acids is 1. The number of ether oxygens (including phenoxy) is 1. The number of alkyl halides is 1. The highest BCUT2D eigenvalue weighted by atomic mass is 35.5. The summed E-state index contributed by atoms with van der Waals surface area (Å²) < 4.78 is 5.39. The van der Waals surface area contributed by atoms with Crippen molar-refractivity contribution < 1.29 is 9.53 Å². The third kappa shape index (κ3) is 8.06. The van der Waals surface area contributed by atoms with Gasteiger partial charge in [-0.15, -0.1) is 11.6 Å². The third-order valence-electron chi connectivity index (χ3n) is 5.48. The Morgan fingerprint density at radius 1 is 0.967 bits per heavy atom. The van der Waals surface area contributed by atoms with Crippen LogP contribution in [-0.4, -0.2) is 21.3 Å². The predicted octanol–water partition coefficient (Wildman–Crippen LogP) is 7.00. The van der Waals surface area contributed by atoms with Crippen molar-refractivity contribution >= 4 is 17.6 Å². The maximum absolute atomic E-state index is 12.1. The van der Waals surface area contributed by atoms with E-state index in [9.17, 15) is 4.79 Å². The number of aryl methyl sites for hydroxylation is 1. The number of nitrogens with zero attached hydrogens (tertiary/aromatic N) is 2. The Morgan fingerprint density at radius 3 is 2.23 bits per heavy atom. The van der Waals surface area contributed by atoms with Gasteiger partial charge in [-0.2, -0.15) is 0 Å². The number of hydrogen-bond donors (Lipinski definition) is 0. The van der Waals surface area contributed by atoms with E-state index in [2.05, 4.69) is 16.9 Å². The van der Waals surface area contributed by atoms with Crippen molar-refractivity contribution in [2.45, 2.75) is 83.9 Å². The average Bonchev–Trinajstić information content (AvgIpc) is 2.78. The number of carbonyl (C=O) groups is 1. The molecule has 0 amide bonds. The van der Waals surface area contributed by atoms with Gasteiger partial charge in [0, 0.05) is 11.8 Å². The molecule has 2 aromatic rings. The van der Waals surface area contributed by atoms with Gasteiger partial charge in [-0.05, 0) is 43.0 Å². The summed E-state index contributed by atoms with van der Waals surface area (Å²) in [7, 11) is 0. The Kier molecular flexibility index (Phi) is 10.9. The molecule has 2 atom stereocenters. The summed E-state index contributed by atoms with van der Waals surface area (Å²) in [4.78, 5) is 21.2. The molecule has 0 saturated carbocycles. The van der Waals surface area contributed by atoms with Crippen molar-refractivity contribution in [1.82, 2.24) is 9.97 Å². The molecule has 0 fully saturated rings. The van der Waals surface area contributed by atoms with Gasteiger partial charge in [0.2, 0.25) is 0 Å². The minimum atomic E-state index is -0.635. The monoisotopic (exact) mass is 430 g/mol. The first-order valence-electron chi connectivity index (χ1n) is 11.3. The van der Waals surface area contributed by atoms with Crippen molar-refractivity contribution in [1.29, 1.82) is 0 Å². The minimum absolute atomic E-state index is 0.0771. The molecule has 2 rings (SSSR count). The van der Waals surface area contributed by atoms with Crippen LogP contribution in [0, 0.1) is 5.92 Å². The lowest BCUT2D eigenvalue weighted by atomic mass is 10.1. The molecule has 1 aromatic carbocycles. The van der Waals surface area contributed by atoms with E-state index in [4.69, 9.17) is 16.3 Å². The van der Waals surface area contributed by atoms with Gasteiger partial charge in [-0.25, -0.2) is 0 Å². The van der Waals surface area contributed by atoms with Crippen LogP contribution in [0.25, 0.3) is 11.3 Å². The lowest BCUT2D eigenvalue weighted by Gasteiger charge is -2.14. The Bertz CT molecular complexity index is 747. The lowest BCUT2D eigenvalue weighted by Crippen LogP contribution is -2.26. The highest BCUT2D eigenvalue weighted by Gasteiger charge is 2.23. The zero-order valence-electron chi connectivity index (χ0n) is 18.6. The first kappa shape index (κ1) is 24.3. The second-order valence-electron chi connectivity index (χ2n) is 8.00. The predicted molar refractivity (Wildman–Crippen MR) is 124 cm³/mol. The summed E-state index contributed by atoms with van der Waals surface area (Å²) in [5.41, 5.74) is 2.79. The molecule has 5 heteroatoms. The summed E-state index contributed by atoms with van der Waals surface area (Å²) in [6.45, 7) is 6.19. The first-order valence-corrected chi connectivity index (χ1v) is 11.8. The molecular weight excluding hydrogens is 396 g/mol. The maximum atomic E-state index is 12.1. The number of rotatable bonds is 13. The molecule has 1 heterocycles. The molecule has 0 spiro atoms. The molecule has 0 radical (unpaired) electrons. The van der Waals surface area contributed by atoms with Gasteiger partial charge in [-0.1, -0.05) is 65.7 Å². The van der Waals surface area contributed by atoms with Gasteiger partial charge in [-0.3, -0.25) is 14.8 Å². The molecule has 0 aliphatic rings. The van der Waals surface area contributed by atoms with E-state index in [1.165, 1.54) is 44.9 Å². The van der Waals surface area contributed by atoms with Gasteiger partial charge in [0.25, 0.3) is 0 Å². The molecule has 4 nitrogen and oxygen atoms in total. The van der Waals surface area contributed by atoms with E-state index in [1.54, 1.807) is 12.1 Å². The fraction of sp³-hybridized carbons (Fsp3) is 0.560. The summed E-state index contributed by atoms with van der Waals surface area (Å²) in [6, 6.07) is 7.30. The second kappa shape index (κ2) is 13.4. The normalized spacial score (nSPS) is 13.1. The van der Waals surface area contributed by atoms with Crippen molar-refractivity contribution in [3.05, 3.63) is 42.4 Å². The van der Waals surface area contributed by atoms with Crippen molar-refractivity contribution in [2.24, 2.45) is 5.92 Å². The number of benzene rings is 1. The van der Waals surface area contributed by atoms with E-state index in [-0.39, 0.29) is 5.92 Å². The highest BCUT2D eigenvalue weighted by molar-refractivity contribution is 6.30. The Balaban J connectivity index is 1.81. The van der Waals surface area contributed by atoms with Crippen LogP contribution in [0.4, 0.5) is 0 Å². The van der Waals surface area contributed by atoms with Gasteiger partial charge >= 0.3 is 5.97 Å². The van der Waals surface area contributed by atoms with E-state index in [0.29, 0.717) is 5.75 Å². The Morgan fingerprint density at radius 2 is 1.63 bits per heavy atom. The molecule has 2 unspecified atom stereocenters. The van der Waals surface area contributed by atoms with Gasteiger partial charge in [0.1, 0.15) is 11.1 Å². The van der Waals surface area contributed by atoms with Crippen LogP contribution >= 0.6 is 11.6 Å². The van der Waals surface area contributed by atoms with Crippen LogP contribution in [0.3, 0.4) is 0 Å². The molecule has 0 N–H and O–H groups in total. The molecule has 30 heavy (non-hydrogen) atoms. The van der Waals surface area contributed by atoms with Crippen LogP contribution in [0.2, 0.25) is 0 Å². The van der Waals surface area contributed by atoms with Crippen LogP contribution in [0.15, 0.2) is 36.7 Å². The van der Waals surface area contributed by atoms with Crippen LogP contribution in [-0.2, 0) is 11.2 Å². The summed E-state index contributed by atoms with van der Waals surface area (Å²) in [6.07, 6.45) is 14.6. The SMILES string of the molecule is CCCCCCCCCc1cnc(-c2ccc(OC(=O)C(Cl)C(C)CC)cc2)cn1. The van der Waals surface area contributed by atoms with Gasteiger partial charge in [0.05, 0.1) is 17.6 Å². The number of unbranched alkanes of at least 4 members (excludes halogenated alkanes) is 6.